The summed E-state index contributed by atoms with van der Waals surface area (Å²) in [5, 5.41) is 5.01. The topological polar surface area (TPSA) is 54.6 Å². The Bertz CT molecular complexity index is 931. The minimum atomic E-state index is -0.291. The molecule has 1 heterocycles. The van der Waals surface area contributed by atoms with Gasteiger partial charge in [0.05, 0.1) is 11.2 Å². The van der Waals surface area contributed by atoms with Crippen molar-refractivity contribution in [2.45, 2.75) is 6.92 Å². The van der Waals surface area contributed by atoms with Crippen LogP contribution in [0, 0.1) is 6.92 Å². The molecule has 0 saturated heterocycles. The fourth-order valence-electron chi connectivity index (χ4n) is 2.18. The van der Waals surface area contributed by atoms with E-state index in [1.54, 1.807) is 42.5 Å². The van der Waals surface area contributed by atoms with Gasteiger partial charge in [-0.05, 0) is 49.4 Å². The fourth-order valence-corrected chi connectivity index (χ4v) is 2.56. The van der Waals surface area contributed by atoms with Gasteiger partial charge in [-0.2, -0.15) is 5.10 Å². The molecule has 0 atom stereocenters. The van der Waals surface area contributed by atoms with Gasteiger partial charge >= 0.3 is 0 Å². The molecule has 2 aromatic carbocycles. The van der Waals surface area contributed by atoms with Crippen LogP contribution in [0.4, 0.5) is 0 Å². The van der Waals surface area contributed by atoms with Crippen molar-refractivity contribution in [2.24, 2.45) is 5.10 Å². The van der Waals surface area contributed by atoms with Crippen molar-refractivity contribution in [3.05, 3.63) is 81.5 Å². The molecule has 3 aromatic rings. The summed E-state index contributed by atoms with van der Waals surface area (Å²) in [6, 6.07) is 15.9. The van der Waals surface area contributed by atoms with Crippen LogP contribution in [0.1, 0.15) is 21.7 Å². The SMILES string of the molecule is Cc1ccc(C(=O)N/N=C\c2ccc(-c3cc(Cl)ccc3Cl)o2)cc1. The van der Waals surface area contributed by atoms with E-state index in [1.165, 1.54) is 6.21 Å². The van der Waals surface area contributed by atoms with Crippen LogP contribution in [0.2, 0.25) is 10.0 Å². The first kappa shape index (κ1) is 17.3. The number of rotatable bonds is 4. The van der Waals surface area contributed by atoms with Crippen molar-refractivity contribution in [2.75, 3.05) is 0 Å². The lowest BCUT2D eigenvalue weighted by Gasteiger charge is -2.01. The molecular formula is C19H14Cl2N2O2. The first-order valence-electron chi connectivity index (χ1n) is 7.48. The summed E-state index contributed by atoms with van der Waals surface area (Å²) in [6.07, 6.45) is 1.42. The fraction of sp³-hybridized carbons (Fsp3) is 0.0526. The first-order valence-corrected chi connectivity index (χ1v) is 8.24. The smallest absolute Gasteiger partial charge is 0.271 e. The van der Waals surface area contributed by atoms with Crippen LogP contribution in [0.25, 0.3) is 11.3 Å². The number of hydrogen-bond acceptors (Lipinski definition) is 3. The number of carbonyl (C=O) groups is 1. The van der Waals surface area contributed by atoms with E-state index in [-0.39, 0.29) is 5.91 Å². The van der Waals surface area contributed by atoms with Gasteiger partial charge in [0.2, 0.25) is 0 Å². The molecule has 0 unspecified atom stereocenters. The second kappa shape index (κ2) is 7.55. The molecule has 1 aromatic heterocycles. The molecule has 1 N–H and O–H groups in total. The largest absolute Gasteiger partial charge is 0.455 e. The Kier molecular flexibility index (Phi) is 5.22. The minimum Gasteiger partial charge on any atom is -0.455 e. The van der Waals surface area contributed by atoms with Crippen molar-refractivity contribution in [3.63, 3.8) is 0 Å². The van der Waals surface area contributed by atoms with Crippen LogP contribution in [0.3, 0.4) is 0 Å². The summed E-state index contributed by atoms with van der Waals surface area (Å²) < 4.78 is 5.67. The number of furan rings is 1. The molecule has 0 fully saturated rings. The molecule has 4 nitrogen and oxygen atoms in total. The van der Waals surface area contributed by atoms with E-state index in [4.69, 9.17) is 27.6 Å². The van der Waals surface area contributed by atoms with E-state index >= 15 is 0 Å². The molecular weight excluding hydrogens is 359 g/mol. The van der Waals surface area contributed by atoms with Gasteiger partial charge in [-0.25, -0.2) is 5.43 Å². The highest BCUT2D eigenvalue weighted by atomic mass is 35.5. The Morgan fingerprint density at radius 1 is 1.08 bits per heavy atom. The summed E-state index contributed by atoms with van der Waals surface area (Å²) in [6.45, 7) is 1.96. The van der Waals surface area contributed by atoms with E-state index in [0.717, 1.165) is 5.56 Å². The van der Waals surface area contributed by atoms with Gasteiger partial charge in [-0.15, -0.1) is 0 Å². The minimum absolute atomic E-state index is 0.291. The predicted octanol–water partition coefficient (Wildman–Crippen LogP) is 5.33. The number of halogens is 2. The zero-order valence-electron chi connectivity index (χ0n) is 13.3. The summed E-state index contributed by atoms with van der Waals surface area (Å²) in [4.78, 5) is 12.0. The second-order valence-electron chi connectivity index (χ2n) is 5.39. The lowest BCUT2D eigenvalue weighted by atomic mass is 10.1. The van der Waals surface area contributed by atoms with Crippen LogP contribution in [-0.2, 0) is 0 Å². The van der Waals surface area contributed by atoms with Crippen LogP contribution in [-0.4, -0.2) is 12.1 Å². The number of hydrazone groups is 1. The van der Waals surface area contributed by atoms with Crippen molar-refractivity contribution in [1.29, 1.82) is 0 Å². The van der Waals surface area contributed by atoms with Gasteiger partial charge in [0, 0.05) is 16.1 Å². The third-order valence-electron chi connectivity index (χ3n) is 3.49. The second-order valence-corrected chi connectivity index (χ2v) is 6.23. The van der Waals surface area contributed by atoms with Gasteiger partial charge < -0.3 is 4.42 Å². The molecule has 0 aliphatic carbocycles. The van der Waals surface area contributed by atoms with Gasteiger partial charge in [0.1, 0.15) is 11.5 Å². The summed E-state index contributed by atoms with van der Waals surface area (Å²) in [5.41, 5.74) is 4.77. The van der Waals surface area contributed by atoms with Gasteiger partial charge in [-0.3, -0.25) is 4.79 Å². The third kappa shape index (κ3) is 4.29. The van der Waals surface area contributed by atoms with Crippen LogP contribution < -0.4 is 5.43 Å². The lowest BCUT2D eigenvalue weighted by Crippen LogP contribution is -2.17. The Morgan fingerprint density at radius 3 is 2.60 bits per heavy atom. The maximum absolute atomic E-state index is 12.0. The molecule has 0 radical (unpaired) electrons. The van der Waals surface area contributed by atoms with Crippen molar-refractivity contribution in [3.8, 4) is 11.3 Å². The Labute approximate surface area is 155 Å². The number of hydrogen-bond donors (Lipinski definition) is 1. The monoisotopic (exact) mass is 372 g/mol. The van der Waals surface area contributed by atoms with Gasteiger partial charge in [0.25, 0.3) is 5.91 Å². The standard InChI is InChI=1S/C19H14Cl2N2O2/c1-12-2-4-13(5-3-12)19(24)23-22-11-15-7-9-18(25-15)16-10-14(20)6-8-17(16)21/h2-11H,1H3,(H,23,24)/b22-11-. The zero-order valence-corrected chi connectivity index (χ0v) is 14.8. The number of carbonyl (C=O) groups excluding carboxylic acids is 1. The number of aryl methyl sites for hydroxylation is 1. The van der Waals surface area contributed by atoms with Crippen molar-refractivity contribution in [1.82, 2.24) is 5.43 Å². The average Bonchev–Trinajstić information content (AvgIpc) is 3.06. The van der Waals surface area contributed by atoms with Gasteiger partial charge in [-0.1, -0.05) is 40.9 Å². The molecule has 0 aliphatic rings. The first-order chi connectivity index (χ1) is 12.0. The highest BCUT2D eigenvalue weighted by Gasteiger charge is 2.09. The van der Waals surface area contributed by atoms with Crippen molar-refractivity contribution < 1.29 is 9.21 Å². The predicted molar refractivity (Wildman–Crippen MR) is 100 cm³/mol. The Hall–Kier alpha value is -2.56. The highest BCUT2D eigenvalue weighted by Crippen LogP contribution is 2.31. The molecule has 3 rings (SSSR count). The zero-order chi connectivity index (χ0) is 17.8. The quantitative estimate of drug-likeness (QED) is 0.497. The van der Waals surface area contributed by atoms with Crippen LogP contribution in [0.5, 0.6) is 0 Å². The Balaban J connectivity index is 1.69. The van der Waals surface area contributed by atoms with Crippen LogP contribution >= 0.6 is 23.2 Å². The molecule has 6 heteroatoms. The highest BCUT2D eigenvalue weighted by molar-refractivity contribution is 6.35. The maximum atomic E-state index is 12.0. The van der Waals surface area contributed by atoms with E-state index in [1.807, 2.05) is 19.1 Å². The number of nitrogens with one attached hydrogen (secondary N) is 1. The van der Waals surface area contributed by atoms with Crippen molar-refractivity contribution >= 4 is 35.3 Å². The third-order valence-corrected chi connectivity index (χ3v) is 4.06. The Morgan fingerprint density at radius 2 is 1.84 bits per heavy atom. The van der Waals surface area contributed by atoms with E-state index in [9.17, 15) is 4.79 Å². The maximum Gasteiger partial charge on any atom is 0.271 e. The van der Waals surface area contributed by atoms with Crippen LogP contribution in [0.15, 0.2) is 64.1 Å². The summed E-state index contributed by atoms with van der Waals surface area (Å²) >= 11 is 12.1. The molecule has 0 spiro atoms. The van der Waals surface area contributed by atoms with E-state index < -0.39 is 0 Å². The number of nitrogens with zero attached hydrogens (tertiary/aromatic N) is 1. The molecule has 1 amide bonds. The lowest BCUT2D eigenvalue weighted by molar-refractivity contribution is 0.0955. The number of benzene rings is 2. The molecule has 0 aliphatic heterocycles. The summed E-state index contributed by atoms with van der Waals surface area (Å²) in [5.74, 6) is 0.759. The molecule has 126 valence electrons. The average molecular weight is 373 g/mol. The molecule has 25 heavy (non-hydrogen) atoms. The van der Waals surface area contributed by atoms with Gasteiger partial charge in [0.15, 0.2) is 0 Å². The molecule has 0 saturated carbocycles. The van der Waals surface area contributed by atoms with E-state index in [2.05, 4.69) is 10.5 Å². The number of amides is 1. The van der Waals surface area contributed by atoms with E-state index in [0.29, 0.717) is 32.7 Å². The molecule has 0 bridgehead atoms. The normalized spacial score (nSPS) is 11.0. The summed E-state index contributed by atoms with van der Waals surface area (Å²) in [7, 11) is 0.